The van der Waals surface area contributed by atoms with Gasteiger partial charge in [-0.25, -0.2) is 0 Å². The molecule has 2 atom stereocenters. The van der Waals surface area contributed by atoms with Gasteiger partial charge in [0.05, 0.1) is 12.1 Å². The Hall–Kier alpha value is -0.800. The van der Waals surface area contributed by atoms with Gasteiger partial charge in [0.15, 0.2) is 0 Å². The summed E-state index contributed by atoms with van der Waals surface area (Å²) in [5.41, 5.74) is 6.55. The van der Waals surface area contributed by atoms with Gasteiger partial charge >= 0.3 is 0 Å². The Bertz CT molecular complexity index is 181. The van der Waals surface area contributed by atoms with Crippen molar-refractivity contribution in [2.24, 2.45) is 5.73 Å². The van der Waals surface area contributed by atoms with Gasteiger partial charge in [0.1, 0.15) is 0 Å². The summed E-state index contributed by atoms with van der Waals surface area (Å²) in [4.78, 5) is 2.87. The molecular formula is C7H12N2O. The van der Waals surface area contributed by atoms with E-state index in [1.807, 2.05) is 6.07 Å². The van der Waals surface area contributed by atoms with Crippen LogP contribution in [0.4, 0.5) is 0 Å². The number of hydrogen-bond acceptors (Lipinski definition) is 2. The first kappa shape index (κ1) is 7.31. The van der Waals surface area contributed by atoms with Crippen LogP contribution in [-0.2, 0) is 0 Å². The average Bonchev–Trinajstić information content (AvgIpc) is 2.36. The van der Waals surface area contributed by atoms with E-state index in [2.05, 4.69) is 4.98 Å². The molecule has 1 heterocycles. The van der Waals surface area contributed by atoms with E-state index in [4.69, 9.17) is 10.8 Å². The van der Waals surface area contributed by atoms with Crippen LogP contribution >= 0.6 is 0 Å². The van der Waals surface area contributed by atoms with Crippen molar-refractivity contribution < 1.29 is 5.11 Å². The highest BCUT2D eigenvalue weighted by molar-refractivity contribution is 5.14. The zero-order chi connectivity index (χ0) is 7.56. The fourth-order valence-corrected chi connectivity index (χ4v) is 0.823. The van der Waals surface area contributed by atoms with Crippen LogP contribution in [0.1, 0.15) is 18.5 Å². The minimum absolute atomic E-state index is 0.272. The lowest BCUT2D eigenvalue weighted by Crippen LogP contribution is -2.22. The molecule has 0 spiro atoms. The Balaban J connectivity index is 2.68. The topological polar surface area (TPSA) is 62.0 Å². The number of aromatic nitrogens is 1. The quantitative estimate of drug-likeness (QED) is 0.556. The maximum atomic E-state index is 9.05. The lowest BCUT2D eigenvalue weighted by Gasteiger charge is -2.11. The van der Waals surface area contributed by atoms with Gasteiger partial charge in [-0.1, -0.05) is 0 Å². The molecule has 0 aromatic carbocycles. The summed E-state index contributed by atoms with van der Waals surface area (Å²) in [6, 6.07) is 1.59. The highest BCUT2D eigenvalue weighted by atomic mass is 16.3. The molecule has 0 bridgehead atoms. The third-order valence-corrected chi connectivity index (χ3v) is 1.53. The van der Waals surface area contributed by atoms with Gasteiger partial charge in [-0.15, -0.1) is 0 Å². The molecule has 0 fully saturated rings. The van der Waals surface area contributed by atoms with Crippen molar-refractivity contribution in [1.82, 2.24) is 4.98 Å². The number of aliphatic hydroxyl groups excluding tert-OH is 1. The Morgan fingerprint density at radius 2 is 2.40 bits per heavy atom. The van der Waals surface area contributed by atoms with E-state index in [9.17, 15) is 0 Å². The molecule has 1 rings (SSSR count). The highest BCUT2D eigenvalue weighted by Crippen LogP contribution is 2.11. The normalized spacial score (nSPS) is 16.7. The van der Waals surface area contributed by atoms with E-state index in [1.54, 1.807) is 19.3 Å². The van der Waals surface area contributed by atoms with Gasteiger partial charge in [0, 0.05) is 12.4 Å². The smallest absolute Gasteiger partial charge is 0.0705 e. The van der Waals surface area contributed by atoms with Crippen molar-refractivity contribution in [2.75, 3.05) is 0 Å². The van der Waals surface area contributed by atoms with Crippen LogP contribution in [0.15, 0.2) is 18.5 Å². The maximum Gasteiger partial charge on any atom is 0.0705 e. The van der Waals surface area contributed by atoms with E-state index in [-0.39, 0.29) is 6.04 Å². The highest BCUT2D eigenvalue weighted by Gasteiger charge is 2.10. The Morgan fingerprint density at radius 1 is 1.70 bits per heavy atom. The summed E-state index contributed by atoms with van der Waals surface area (Å²) in [7, 11) is 0. The van der Waals surface area contributed by atoms with E-state index < -0.39 is 6.10 Å². The van der Waals surface area contributed by atoms with Crippen LogP contribution in [0.5, 0.6) is 0 Å². The molecule has 0 amide bonds. The molecule has 0 radical (unpaired) electrons. The van der Waals surface area contributed by atoms with Crippen molar-refractivity contribution in [3.8, 4) is 0 Å². The summed E-state index contributed by atoms with van der Waals surface area (Å²) < 4.78 is 0. The maximum absolute atomic E-state index is 9.05. The molecule has 0 saturated carbocycles. The number of hydrogen-bond donors (Lipinski definition) is 3. The summed E-state index contributed by atoms with van der Waals surface area (Å²) in [6.45, 7) is 1.68. The number of aliphatic hydroxyl groups is 1. The molecule has 1 aromatic rings. The van der Waals surface area contributed by atoms with Crippen LogP contribution in [0.3, 0.4) is 0 Å². The fraction of sp³-hybridized carbons (Fsp3) is 0.429. The fourth-order valence-electron chi connectivity index (χ4n) is 0.823. The van der Waals surface area contributed by atoms with Gasteiger partial charge in [0.25, 0.3) is 0 Å². The first-order valence-electron chi connectivity index (χ1n) is 3.28. The van der Waals surface area contributed by atoms with Crippen molar-refractivity contribution in [3.63, 3.8) is 0 Å². The van der Waals surface area contributed by atoms with Crippen molar-refractivity contribution >= 4 is 0 Å². The van der Waals surface area contributed by atoms with Crippen LogP contribution in [0, 0.1) is 0 Å². The monoisotopic (exact) mass is 140 g/mol. The van der Waals surface area contributed by atoms with E-state index in [1.165, 1.54) is 0 Å². The number of nitrogens with two attached hydrogens (primary N) is 1. The summed E-state index contributed by atoms with van der Waals surface area (Å²) >= 11 is 0. The predicted molar refractivity (Wildman–Crippen MR) is 39.4 cm³/mol. The number of nitrogens with one attached hydrogen (secondary N) is 1. The molecule has 10 heavy (non-hydrogen) atoms. The first-order valence-corrected chi connectivity index (χ1v) is 3.28. The second kappa shape index (κ2) is 2.86. The number of aromatic amines is 1. The summed E-state index contributed by atoms with van der Waals surface area (Å²) in [5, 5.41) is 9.05. The van der Waals surface area contributed by atoms with Crippen LogP contribution in [-0.4, -0.2) is 16.2 Å². The summed E-state index contributed by atoms with van der Waals surface area (Å²) in [6.07, 6.45) is 3.09. The van der Waals surface area contributed by atoms with Crippen LogP contribution in [0.25, 0.3) is 0 Å². The largest absolute Gasteiger partial charge is 0.391 e. The molecule has 1 aromatic heterocycles. The zero-order valence-corrected chi connectivity index (χ0v) is 5.91. The van der Waals surface area contributed by atoms with Gasteiger partial charge in [-0.3, -0.25) is 0 Å². The lowest BCUT2D eigenvalue weighted by molar-refractivity contribution is 0.164. The number of rotatable bonds is 2. The van der Waals surface area contributed by atoms with Crippen LogP contribution < -0.4 is 5.73 Å². The van der Waals surface area contributed by atoms with E-state index in [0.717, 1.165) is 5.56 Å². The first-order chi connectivity index (χ1) is 4.72. The third-order valence-electron chi connectivity index (χ3n) is 1.53. The molecular weight excluding hydrogens is 128 g/mol. The van der Waals surface area contributed by atoms with E-state index >= 15 is 0 Å². The lowest BCUT2D eigenvalue weighted by atomic mass is 10.1. The van der Waals surface area contributed by atoms with Crippen molar-refractivity contribution in [3.05, 3.63) is 24.0 Å². The molecule has 4 N–H and O–H groups in total. The molecule has 56 valence electrons. The Labute approximate surface area is 59.9 Å². The van der Waals surface area contributed by atoms with E-state index in [0.29, 0.717) is 0 Å². The minimum atomic E-state index is -0.490. The molecule has 0 saturated heterocycles. The average molecular weight is 140 g/mol. The molecule has 0 aliphatic heterocycles. The van der Waals surface area contributed by atoms with Crippen molar-refractivity contribution in [2.45, 2.75) is 19.1 Å². The predicted octanol–water partition coefficient (Wildman–Crippen LogP) is 0.395. The molecule has 3 nitrogen and oxygen atoms in total. The Morgan fingerprint density at radius 3 is 2.80 bits per heavy atom. The van der Waals surface area contributed by atoms with Gasteiger partial charge in [-0.2, -0.15) is 0 Å². The van der Waals surface area contributed by atoms with Crippen molar-refractivity contribution in [1.29, 1.82) is 0 Å². The SMILES string of the molecule is C[C@@H](O)[C@@H](N)c1cc[nH]c1. The molecule has 0 aliphatic carbocycles. The van der Waals surface area contributed by atoms with Gasteiger partial charge in [0.2, 0.25) is 0 Å². The molecule has 0 aliphatic rings. The standard InChI is InChI=1S/C7H12N2O/c1-5(10)7(8)6-2-3-9-4-6/h2-5,7,9-10H,8H2,1H3/t5-,7-/m1/s1. The second-order valence-corrected chi connectivity index (χ2v) is 2.41. The summed E-state index contributed by atoms with van der Waals surface area (Å²) in [5.74, 6) is 0. The third kappa shape index (κ3) is 1.37. The van der Waals surface area contributed by atoms with Crippen LogP contribution in [0.2, 0.25) is 0 Å². The minimum Gasteiger partial charge on any atom is -0.391 e. The second-order valence-electron chi connectivity index (χ2n) is 2.41. The Kier molecular flexibility index (Phi) is 2.09. The number of H-pyrrole nitrogens is 1. The van der Waals surface area contributed by atoms with Gasteiger partial charge in [-0.05, 0) is 18.6 Å². The molecule has 3 heteroatoms. The van der Waals surface area contributed by atoms with Gasteiger partial charge < -0.3 is 15.8 Å². The molecule has 0 unspecified atom stereocenters. The zero-order valence-electron chi connectivity index (χ0n) is 5.91.